The van der Waals surface area contributed by atoms with Gasteiger partial charge >= 0.3 is 17.9 Å². The zero-order valence-corrected chi connectivity index (χ0v) is 26.3. The van der Waals surface area contributed by atoms with Gasteiger partial charge in [-0.2, -0.15) is 4.98 Å². The minimum absolute atomic E-state index is 0.0244. The van der Waals surface area contributed by atoms with E-state index < -0.39 is 66.4 Å². The number of nitrogens with one attached hydrogen (secondary N) is 2. The molecule has 3 heterocycles. The van der Waals surface area contributed by atoms with Gasteiger partial charge < -0.3 is 18.9 Å². The highest BCUT2D eigenvalue weighted by atomic mass is 16.7. The van der Waals surface area contributed by atoms with E-state index in [9.17, 15) is 24.0 Å². The van der Waals surface area contributed by atoms with Crippen LogP contribution in [-0.2, 0) is 23.7 Å². The van der Waals surface area contributed by atoms with Crippen LogP contribution in [-0.4, -0.2) is 68.3 Å². The standard InChI is InChI=1S/C35H31N5O9/c1-20(2)29(41)38-35-37-28-25(30(42)39-35)36-19-40(28)31-27(49-34(45)23-16-10-5-11-17-23)26(48-33(44)22-14-8-4-9-15-22)24(47-31)18-46-32(43)21-12-6-3-7-13-21/h3-17,19-20,24,26-27,31H,18H2,1-2H3,(H2,37,38,39,41,42)/t24-,26-,27-,31-/m1/s1. The topological polar surface area (TPSA) is 181 Å². The van der Waals surface area contributed by atoms with E-state index in [1.165, 1.54) is 10.9 Å². The lowest BCUT2D eigenvalue weighted by molar-refractivity contribution is -0.118. The molecule has 2 N–H and O–H groups in total. The Morgan fingerprint density at radius 2 is 1.35 bits per heavy atom. The molecular formula is C35H31N5O9. The molecule has 1 aliphatic heterocycles. The molecule has 0 saturated carbocycles. The first-order chi connectivity index (χ1) is 23.7. The molecule has 0 spiro atoms. The number of hydrogen-bond donors (Lipinski definition) is 2. The highest BCUT2D eigenvalue weighted by molar-refractivity contribution is 5.92. The summed E-state index contributed by atoms with van der Waals surface area (Å²) in [5, 5.41) is 2.56. The molecule has 0 bridgehead atoms. The summed E-state index contributed by atoms with van der Waals surface area (Å²) in [6.07, 6.45) is -3.90. The van der Waals surface area contributed by atoms with Crippen LogP contribution in [0.4, 0.5) is 5.95 Å². The number of carbonyl (C=O) groups excluding carboxylic acids is 4. The number of aromatic nitrogens is 4. The minimum Gasteiger partial charge on any atom is -0.459 e. The van der Waals surface area contributed by atoms with Gasteiger partial charge in [-0.1, -0.05) is 68.4 Å². The van der Waals surface area contributed by atoms with Gasteiger partial charge in [0.15, 0.2) is 29.6 Å². The normalized spacial score (nSPS) is 18.6. The average molecular weight is 666 g/mol. The van der Waals surface area contributed by atoms with E-state index in [4.69, 9.17) is 18.9 Å². The van der Waals surface area contributed by atoms with E-state index in [2.05, 4.69) is 20.3 Å². The van der Waals surface area contributed by atoms with Crippen LogP contribution in [0.25, 0.3) is 11.2 Å². The minimum atomic E-state index is -1.37. The van der Waals surface area contributed by atoms with Crippen molar-refractivity contribution < 1.29 is 38.1 Å². The summed E-state index contributed by atoms with van der Waals surface area (Å²) in [7, 11) is 0. The largest absolute Gasteiger partial charge is 0.459 e. The smallest absolute Gasteiger partial charge is 0.338 e. The number of amides is 1. The Balaban J connectivity index is 1.41. The first-order valence-electron chi connectivity index (χ1n) is 15.4. The SMILES string of the molecule is CC(C)C(=O)Nc1nc2c(ncn2[C@@H]2O[C@H](COC(=O)c3ccccc3)[C@@H](OC(=O)c3ccccc3)[C@H]2OC(=O)c2ccccc2)c(=O)[nH]1. The van der Waals surface area contributed by atoms with Gasteiger partial charge in [0.2, 0.25) is 11.9 Å². The van der Waals surface area contributed by atoms with Gasteiger partial charge in [0.05, 0.1) is 23.0 Å². The molecule has 49 heavy (non-hydrogen) atoms. The van der Waals surface area contributed by atoms with Gasteiger partial charge in [-0.05, 0) is 36.4 Å². The van der Waals surface area contributed by atoms with Crippen molar-refractivity contribution >= 4 is 40.9 Å². The van der Waals surface area contributed by atoms with Crippen LogP contribution in [0.5, 0.6) is 0 Å². The number of imidazole rings is 1. The fraction of sp³-hybridized carbons (Fsp3) is 0.229. The summed E-state index contributed by atoms with van der Waals surface area (Å²) in [6.45, 7) is 2.94. The third kappa shape index (κ3) is 7.23. The second-order valence-corrected chi connectivity index (χ2v) is 11.4. The third-order valence-electron chi connectivity index (χ3n) is 7.65. The lowest BCUT2D eigenvalue weighted by Gasteiger charge is -2.25. The van der Waals surface area contributed by atoms with Gasteiger partial charge in [-0.15, -0.1) is 0 Å². The van der Waals surface area contributed by atoms with E-state index in [-0.39, 0.29) is 33.8 Å². The van der Waals surface area contributed by atoms with Gasteiger partial charge in [-0.3, -0.25) is 24.5 Å². The highest BCUT2D eigenvalue weighted by Crippen LogP contribution is 2.36. The number of ether oxygens (including phenoxy) is 4. The third-order valence-corrected chi connectivity index (χ3v) is 7.65. The van der Waals surface area contributed by atoms with Crippen molar-refractivity contribution in [3.05, 3.63) is 124 Å². The maximum atomic E-state index is 13.5. The number of carbonyl (C=O) groups is 4. The molecule has 14 nitrogen and oxygen atoms in total. The van der Waals surface area contributed by atoms with E-state index in [1.807, 2.05) is 0 Å². The van der Waals surface area contributed by atoms with Crippen LogP contribution in [0.3, 0.4) is 0 Å². The lowest BCUT2D eigenvalue weighted by atomic mass is 10.1. The molecule has 1 amide bonds. The summed E-state index contributed by atoms with van der Waals surface area (Å²) in [4.78, 5) is 76.3. The van der Waals surface area contributed by atoms with E-state index in [0.29, 0.717) is 0 Å². The van der Waals surface area contributed by atoms with Gasteiger partial charge in [-0.25, -0.2) is 19.4 Å². The number of aromatic amines is 1. The monoisotopic (exact) mass is 665 g/mol. The molecule has 250 valence electrons. The summed E-state index contributed by atoms with van der Waals surface area (Å²) in [5.74, 6) is -3.13. The molecule has 1 fully saturated rings. The first-order valence-corrected chi connectivity index (χ1v) is 15.4. The van der Waals surface area contributed by atoms with Crippen LogP contribution in [0.2, 0.25) is 0 Å². The maximum Gasteiger partial charge on any atom is 0.338 e. The second kappa shape index (κ2) is 14.3. The maximum absolute atomic E-state index is 13.5. The Bertz CT molecular complexity index is 2030. The number of H-pyrrole nitrogens is 1. The molecule has 14 heteroatoms. The number of benzene rings is 3. The summed E-state index contributed by atoms with van der Waals surface area (Å²) >= 11 is 0. The molecule has 6 rings (SSSR count). The predicted octanol–water partition coefficient (Wildman–Crippen LogP) is 3.92. The van der Waals surface area contributed by atoms with Gasteiger partial charge in [0.25, 0.3) is 5.56 Å². The molecule has 5 aromatic rings. The first kappa shape index (κ1) is 32.8. The Labute approximate surface area is 279 Å². The quantitative estimate of drug-likeness (QED) is 0.163. The molecule has 4 atom stereocenters. The predicted molar refractivity (Wildman–Crippen MR) is 174 cm³/mol. The Hall–Kier alpha value is -6.15. The van der Waals surface area contributed by atoms with Crippen molar-refractivity contribution in [2.45, 2.75) is 38.4 Å². The fourth-order valence-electron chi connectivity index (χ4n) is 5.11. The van der Waals surface area contributed by atoms with Crippen molar-refractivity contribution in [2.24, 2.45) is 5.92 Å². The molecule has 3 aromatic carbocycles. The molecule has 0 aliphatic carbocycles. The number of hydrogen-bond acceptors (Lipinski definition) is 11. The van der Waals surface area contributed by atoms with Crippen molar-refractivity contribution in [3.63, 3.8) is 0 Å². The van der Waals surface area contributed by atoms with Crippen molar-refractivity contribution in [1.29, 1.82) is 0 Å². The highest BCUT2D eigenvalue weighted by Gasteiger charge is 2.52. The number of rotatable bonds is 10. The molecule has 1 saturated heterocycles. The number of nitrogens with zero attached hydrogens (tertiary/aromatic N) is 3. The van der Waals surface area contributed by atoms with Gasteiger partial charge in [0.1, 0.15) is 12.7 Å². The molecule has 0 unspecified atom stereocenters. The summed E-state index contributed by atoms with van der Waals surface area (Å²) < 4.78 is 25.2. The zero-order chi connectivity index (χ0) is 34.5. The van der Waals surface area contributed by atoms with Crippen molar-refractivity contribution in [1.82, 2.24) is 19.5 Å². The van der Waals surface area contributed by atoms with E-state index in [0.717, 1.165) is 0 Å². The lowest BCUT2D eigenvalue weighted by Crippen LogP contribution is -2.41. The van der Waals surface area contributed by atoms with Crippen molar-refractivity contribution in [3.8, 4) is 0 Å². The van der Waals surface area contributed by atoms with E-state index in [1.54, 1.807) is 105 Å². The van der Waals surface area contributed by atoms with Crippen LogP contribution in [0, 0.1) is 5.92 Å². The van der Waals surface area contributed by atoms with Crippen molar-refractivity contribution in [2.75, 3.05) is 11.9 Å². The second-order valence-electron chi connectivity index (χ2n) is 11.4. The molecule has 0 radical (unpaired) electrons. The Kier molecular flexibility index (Phi) is 9.57. The number of fused-ring (bicyclic) bond motifs is 1. The fourth-order valence-corrected chi connectivity index (χ4v) is 5.11. The molecule has 1 aliphatic rings. The Morgan fingerprint density at radius 3 is 1.90 bits per heavy atom. The molecular weight excluding hydrogens is 634 g/mol. The number of anilines is 1. The average Bonchev–Trinajstić information content (AvgIpc) is 3.69. The Morgan fingerprint density at radius 1 is 0.816 bits per heavy atom. The van der Waals surface area contributed by atoms with Crippen LogP contribution in [0.15, 0.2) is 102 Å². The van der Waals surface area contributed by atoms with E-state index >= 15 is 0 Å². The zero-order valence-electron chi connectivity index (χ0n) is 26.3. The van der Waals surface area contributed by atoms with Crippen LogP contribution in [0.1, 0.15) is 51.1 Å². The van der Waals surface area contributed by atoms with Crippen LogP contribution < -0.4 is 10.9 Å². The summed E-state index contributed by atoms with van der Waals surface area (Å²) in [6, 6.07) is 24.6. The molecule has 2 aromatic heterocycles. The van der Waals surface area contributed by atoms with Crippen LogP contribution >= 0.6 is 0 Å². The number of esters is 3. The van der Waals surface area contributed by atoms with Gasteiger partial charge in [0, 0.05) is 5.92 Å². The summed E-state index contributed by atoms with van der Waals surface area (Å²) in [5.41, 5.74) is -0.0799.